The molecule has 0 spiro atoms. The second kappa shape index (κ2) is 11.4. The van der Waals surface area contributed by atoms with Gasteiger partial charge < -0.3 is 15.0 Å². The minimum absolute atomic E-state index is 0.188. The Morgan fingerprint density at radius 2 is 1.66 bits per heavy atom. The monoisotopic (exact) mass is 549 g/mol. The number of amides is 1. The van der Waals surface area contributed by atoms with Gasteiger partial charge in [0.2, 0.25) is 0 Å². The van der Waals surface area contributed by atoms with Crippen LogP contribution >= 0.6 is 11.6 Å². The Morgan fingerprint density at radius 3 is 2.24 bits per heavy atom. The van der Waals surface area contributed by atoms with Crippen LogP contribution in [0, 0.1) is 11.8 Å². The quantitative estimate of drug-likeness (QED) is 0.425. The van der Waals surface area contributed by atoms with Crippen LogP contribution in [0.15, 0.2) is 48.5 Å². The van der Waals surface area contributed by atoms with Crippen LogP contribution in [0.5, 0.6) is 0 Å². The summed E-state index contributed by atoms with van der Waals surface area (Å²) in [5.41, 5.74) is 1.80. The van der Waals surface area contributed by atoms with Gasteiger partial charge in [-0.25, -0.2) is 0 Å². The Labute approximate surface area is 227 Å². The zero-order valence-electron chi connectivity index (χ0n) is 21.6. The van der Waals surface area contributed by atoms with Gasteiger partial charge in [0.1, 0.15) is 18.2 Å². The standard InChI is InChI=1S/C29H35ClF3N3O2/c1-34-27(37)23-8-7-22(18-24(23)30)35-13-9-19(10-14-35)17-20-11-15-36(16-12-20)28-26(38-28)25(29(31,32)33)21-5-3-2-4-6-21/h2-8,18-20,25-26,28H,9-17H2,1H3,(H,34,37). The molecule has 2 aromatic carbocycles. The molecule has 3 fully saturated rings. The maximum atomic E-state index is 13.9. The minimum Gasteiger partial charge on any atom is -0.371 e. The largest absolute Gasteiger partial charge is 0.398 e. The summed E-state index contributed by atoms with van der Waals surface area (Å²) in [4.78, 5) is 16.3. The van der Waals surface area contributed by atoms with Crippen molar-refractivity contribution < 1.29 is 22.7 Å². The van der Waals surface area contributed by atoms with E-state index in [9.17, 15) is 18.0 Å². The van der Waals surface area contributed by atoms with E-state index in [1.54, 1.807) is 43.4 Å². The van der Waals surface area contributed by atoms with Gasteiger partial charge in [-0.05, 0) is 67.7 Å². The van der Waals surface area contributed by atoms with E-state index in [1.807, 2.05) is 12.1 Å². The van der Waals surface area contributed by atoms with Gasteiger partial charge in [0.15, 0.2) is 0 Å². The average Bonchev–Trinajstić information content (AvgIpc) is 3.69. The maximum Gasteiger partial charge on any atom is 0.398 e. The van der Waals surface area contributed by atoms with Gasteiger partial charge in [-0.2, -0.15) is 13.2 Å². The number of ether oxygens (including phenoxy) is 1. The highest BCUT2D eigenvalue weighted by Crippen LogP contribution is 2.48. The molecule has 206 valence electrons. The van der Waals surface area contributed by atoms with Gasteiger partial charge in [0.25, 0.3) is 5.91 Å². The van der Waals surface area contributed by atoms with Crippen LogP contribution in [0.2, 0.25) is 5.02 Å². The number of nitrogens with one attached hydrogen (secondary N) is 1. The van der Waals surface area contributed by atoms with Gasteiger partial charge in [-0.15, -0.1) is 0 Å². The number of rotatable bonds is 7. The third-order valence-corrected chi connectivity index (χ3v) is 8.73. The molecule has 38 heavy (non-hydrogen) atoms. The molecule has 3 aliphatic heterocycles. The van der Waals surface area contributed by atoms with Crippen molar-refractivity contribution in [3.8, 4) is 0 Å². The molecule has 3 heterocycles. The molecule has 0 aliphatic carbocycles. The number of hydrogen-bond donors (Lipinski definition) is 1. The molecular formula is C29H35ClF3N3O2. The fourth-order valence-corrected chi connectivity index (χ4v) is 6.50. The molecule has 2 aromatic rings. The highest BCUT2D eigenvalue weighted by Gasteiger charge is 2.58. The summed E-state index contributed by atoms with van der Waals surface area (Å²) in [5, 5.41) is 3.07. The summed E-state index contributed by atoms with van der Waals surface area (Å²) in [6, 6.07) is 13.7. The van der Waals surface area contributed by atoms with Crippen molar-refractivity contribution in [2.24, 2.45) is 11.8 Å². The Kier molecular flexibility index (Phi) is 8.22. The average molecular weight is 550 g/mol. The lowest BCUT2D eigenvalue weighted by atomic mass is 9.82. The third-order valence-electron chi connectivity index (χ3n) is 8.42. The second-order valence-corrected chi connectivity index (χ2v) is 11.2. The molecule has 3 aliphatic rings. The third kappa shape index (κ3) is 6.13. The lowest BCUT2D eigenvalue weighted by Gasteiger charge is -2.37. The van der Waals surface area contributed by atoms with E-state index < -0.39 is 24.4 Å². The Morgan fingerprint density at radius 1 is 1.03 bits per heavy atom. The molecule has 0 radical (unpaired) electrons. The molecule has 3 saturated heterocycles. The Balaban J connectivity index is 1.07. The number of benzene rings is 2. The predicted octanol–water partition coefficient (Wildman–Crippen LogP) is 6.09. The summed E-state index contributed by atoms with van der Waals surface area (Å²) >= 11 is 6.34. The van der Waals surface area contributed by atoms with E-state index in [1.165, 1.54) is 6.42 Å². The number of nitrogens with zero attached hydrogens (tertiary/aromatic N) is 2. The number of carbonyl (C=O) groups is 1. The number of halogens is 4. The SMILES string of the molecule is CNC(=O)c1ccc(N2CCC(CC3CCN(C4OC4C(c4ccccc4)C(F)(F)F)CC3)CC2)cc1Cl. The normalized spacial score (nSPS) is 24.3. The Hall–Kier alpha value is -2.29. The first-order valence-corrected chi connectivity index (χ1v) is 13.9. The van der Waals surface area contributed by atoms with Crippen molar-refractivity contribution in [2.45, 2.75) is 56.5 Å². The van der Waals surface area contributed by atoms with E-state index in [2.05, 4.69) is 15.1 Å². The van der Waals surface area contributed by atoms with Crippen LogP contribution in [0.1, 0.15) is 53.9 Å². The number of likely N-dealkylation sites (tertiary alicyclic amines) is 1. The first-order valence-electron chi connectivity index (χ1n) is 13.5. The predicted molar refractivity (Wildman–Crippen MR) is 143 cm³/mol. The molecule has 9 heteroatoms. The van der Waals surface area contributed by atoms with Crippen LogP contribution in [-0.2, 0) is 4.74 Å². The number of alkyl halides is 3. The number of anilines is 1. The molecule has 3 unspecified atom stereocenters. The number of hydrogen-bond acceptors (Lipinski definition) is 4. The first kappa shape index (κ1) is 27.3. The summed E-state index contributed by atoms with van der Waals surface area (Å²) in [6.07, 6.45) is -0.199. The first-order chi connectivity index (χ1) is 18.2. The maximum absolute atomic E-state index is 13.9. The molecule has 5 rings (SSSR count). The summed E-state index contributed by atoms with van der Waals surface area (Å²) in [6.45, 7) is 3.49. The van der Waals surface area contributed by atoms with Gasteiger partial charge >= 0.3 is 6.18 Å². The number of piperidine rings is 2. The lowest BCUT2D eigenvalue weighted by molar-refractivity contribution is -0.154. The topological polar surface area (TPSA) is 48.1 Å². The summed E-state index contributed by atoms with van der Waals surface area (Å²) in [7, 11) is 1.59. The van der Waals surface area contributed by atoms with Crippen molar-refractivity contribution in [3.63, 3.8) is 0 Å². The molecular weight excluding hydrogens is 515 g/mol. The van der Waals surface area contributed by atoms with Crippen LogP contribution in [0.3, 0.4) is 0 Å². The molecule has 0 bridgehead atoms. The van der Waals surface area contributed by atoms with E-state index in [0.717, 1.165) is 57.5 Å². The smallest absolute Gasteiger partial charge is 0.371 e. The highest BCUT2D eigenvalue weighted by atomic mass is 35.5. The van der Waals surface area contributed by atoms with Crippen molar-refractivity contribution in [2.75, 3.05) is 38.1 Å². The lowest BCUT2D eigenvalue weighted by Crippen LogP contribution is -2.40. The highest BCUT2D eigenvalue weighted by molar-refractivity contribution is 6.34. The van der Waals surface area contributed by atoms with Crippen molar-refractivity contribution in [1.29, 1.82) is 0 Å². The van der Waals surface area contributed by atoms with E-state index in [0.29, 0.717) is 22.4 Å². The van der Waals surface area contributed by atoms with Gasteiger partial charge in [0, 0.05) is 38.9 Å². The van der Waals surface area contributed by atoms with Gasteiger partial charge in [0.05, 0.1) is 10.6 Å². The van der Waals surface area contributed by atoms with Crippen LogP contribution in [-0.4, -0.2) is 62.5 Å². The fraction of sp³-hybridized carbons (Fsp3) is 0.552. The van der Waals surface area contributed by atoms with Crippen molar-refractivity contribution in [1.82, 2.24) is 10.2 Å². The van der Waals surface area contributed by atoms with E-state index >= 15 is 0 Å². The zero-order valence-corrected chi connectivity index (χ0v) is 22.3. The fourth-order valence-electron chi connectivity index (χ4n) is 6.24. The summed E-state index contributed by atoms with van der Waals surface area (Å²) in [5.74, 6) is -0.507. The van der Waals surface area contributed by atoms with E-state index in [4.69, 9.17) is 16.3 Å². The molecule has 5 nitrogen and oxygen atoms in total. The van der Waals surface area contributed by atoms with Crippen molar-refractivity contribution >= 4 is 23.2 Å². The zero-order chi connectivity index (χ0) is 26.9. The molecule has 1 amide bonds. The molecule has 0 aromatic heterocycles. The van der Waals surface area contributed by atoms with Crippen LogP contribution in [0.25, 0.3) is 0 Å². The van der Waals surface area contributed by atoms with Gasteiger partial charge in [-0.3, -0.25) is 9.69 Å². The number of epoxide rings is 1. The van der Waals surface area contributed by atoms with Crippen molar-refractivity contribution in [3.05, 3.63) is 64.7 Å². The summed E-state index contributed by atoms with van der Waals surface area (Å²) < 4.78 is 47.2. The number of carbonyl (C=O) groups excluding carboxylic acids is 1. The van der Waals surface area contributed by atoms with E-state index in [-0.39, 0.29) is 11.5 Å². The van der Waals surface area contributed by atoms with Crippen LogP contribution in [0.4, 0.5) is 18.9 Å². The minimum atomic E-state index is -4.33. The molecule has 0 saturated carbocycles. The molecule has 3 atom stereocenters. The van der Waals surface area contributed by atoms with Gasteiger partial charge in [-0.1, -0.05) is 41.9 Å². The Bertz CT molecular complexity index is 1100. The molecule has 1 N–H and O–H groups in total. The van der Waals surface area contributed by atoms with Crippen LogP contribution < -0.4 is 10.2 Å². The second-order valence-electron chi connectivity index (χ2n) is 10.8.